The van der Waals surface area contributed by atoms with Crippen LogP contribution in [0.3, 0.4) is 0 Å². The number of carbonyl (C=O) groups excluding carboxylic acids is 1. The Hall–Kier alpha value is -1.51. The summed E-state index contributed by atoms with van der Waals surface area (Å²) in [5.41, 5.74) is 0. The molecule has 3 fully saturated rings. The number of carbonyl (C=O) groups is 1. The van der Waals surface area contributed by atoms with Crippen LogP contribution in [0.25, 0.3) is 0 Å². The van der Waals surface area contributed by atoms with Gasteiger partial charge >= 0.3 is 0 Å². The van der Waals surface area contributed by atoms with Gasteiger partial charge in [-0.05, 0) is 43.7 Å². The molecule has 0 N–H and O–H groups in total. The predicted molar refractivity (Wildman–Crippen MR) is 96.9 cm³/mol. The van der Waals surface area contributed by atoms with Gasteiger partial charge in [-0.2, -0.15) is 4.31 Å². The lowest BCUT2D eigenvalue weighted by molar-refractivity contribution is -0.132. The summed E-state index contributed by atoms with van der Waals surface area (Å²) in [5.74, 6) is 0.947. The number of amides is 1. The topological polar surface area (TPSA) is 73.8 Å². The Morgan fingerprint density at radius 3 is 2.65 bits per heavy atom. The van der Waals surface area contributed by atoms with E-state index in [1.165, 1.54) is 23.3 Å². The fourth-order valence-electron chi connectivity index (χ4n) is 3.97. The second-order valence-corrected chi connectivity index (χ2v) is 9.45. The van der Waals surface area contributed by atoms with Crippen LogP contribution in [0.1, 0.15) is 25.7 Å². The lowest BCUT2D eigenvalue weighted by Gasteiger charge is -2.26. The summed E-state index contributed by atoms with van der Waals surface area (Å²) < 4.78 is 27.1. The number of hydrogen-bond acceptors (Lipinski definition) is 5. The number of nitrogens with zero attached hydrogens (tertiary/aromatic N) is 4. The molecule has 8 heteroatoms. The van der Waals surface area contributed by atoms with Gasteiger partial charge in [0, 0.05) is 51.7 Å². The maximum absolute atomic E-state index is 12.8. The van der Waals surface area contributed by atoms with E-state index in [4.69, 9.17) is 0 Å². The van der Waals surface area contributed by atoms with Crippen molar-refractivity contribution in [1.82, 2.24) is 19.1 Å². The second kappa shape index (κ2) is 7.25. The molecule has 0 spiro atoms. The van der Waals surface area contributed by atoms with E-state index >= 15 is 0 Å². The highest BCUT2D eigenvalue weighted by Crippen LogP contribution is 2.32. The third-order valence-electron chi connectivity index (χ3n) is 5.65. The molecule has 1 aromatic heterocycles. The van der Waals surface area contributed by atoms with E-state index in [2.05, 4.69) is 9.88 Å². The number of aromatic nitrogens is 1. The van der Waals surface area contributed by atoms with Crippen LogP contribution in [0.15, 0.2) is 29.4 Å². The summed E-state index contributed by atoms with van der Waals surface area (Å²) >= 11 is 0. The van der Waals surface area contributed by atoms with Crippen molar-refractivity contribution in [2.45, 2.75) is 36.6 Å². The fraction of sp³-hybridized carbons (Fsp3) is 0.667. The molecule has 3 aliphatic rings. The predicted octanol–water partition coefficient (Wildman–Crippen LogP) is 0.789. The lowest BCUT2D eigenvalue weighted by atomic mass is 10.2. The van der Waals surface area contributed by atoms with Crippen molar-refractivity contribution in [3.8, 4) is 0 Å². The summed E-state index contributed by atoms with van der Waals surface area (Å²) in [6, 6.07) is 3.15. The van der Waals surface area contributed by atoms with E-state index in [9.17, 15) is 13.2 Å². The van der Waals surface area contributed by atoms with Crippen molar-refractivity contribution in [2.75, 3.05) is 39.3 Å². The number of likely N-dealkylation sites (tertiary alicyclic amines) is 1. The van der Waals surface area contributed by atoms with Crippen molar-refractivity contribution < 1.29 is 13.2 Å². The Balaban J connectivity index is 1.40. The molecule has 0 bridgehead atoms. The Labute approximate surface area is 155 Å². The smallest absolute Gasteiger partial charge is 0.244 e. The Bertz CT molecular complexity index is 751. The fourth-order valence-corrected chi connectivity index (χ4v) is 5.40. The van der Waals surface area contributed by atoms with Crippen LogP contribution in [-0.2, 0) is 14.8 Å². The summed E-state index contributed by atoms with van der Waals surface area (Å²) in [6.07, 6.45) is 7.07. The van der Waals surface area contributed by atoms with Gasteiger partial charge in [0.05, 0.1) is 6.04 Å². The molecule has 3 heterocycles. The number of rotatable bonds is 5. The molecular weight excluding hydrogens is 352 g/mol. The first-order valence-electron chi connectivity index (χ1n) is 9.49. The summed E-state index contributed by atoms with van der Waals surface area (Å²) in [5, 5.41) is 0. The minimum absolute atomic E-state index is 0.0743. The van der Waals surface area contributed by atoms with Crippen LogP contribution in [0, 0.1) is 5.92 Å². The molecule has 142 valence electrons. The first-order valence-corrected chi connectivity index (χ1v) is 10.9. The third kappa shape index (κ3) is 3.63. The maximum Gasteiger partial charge on any atom is 0.244 e. The molecule has 2 aliphatic heterocycles. The van der Waals surface area contributed by atoms with Crippen LogP contribution in [-0.4, -0.2) is 78.7 Å². The molecule has 1 saturated carbocycles. The average molecular weight is 378 g/mol. The molecule has 4 rings (SSSR count). The molecule has 2 saturated heterocycles. The van der Waals surface area contributed by atoms with Crippen LogP contribution >= 0.6 is 0 Å². The highest BCUT2D eigenvalue weighted by Gasteiger charge is 2.39. The van der Waals surface area contributed by atoms with Crippen molar-refractivity contribution >= 4 is 15.9 Å². The second-order valence-electron chi connectivity index (χ2n) is 7.51. The van der Waals surface area contributed by atoms with Gasteiger partial charge in [-0.25, -0.2) is 8.42 Å². The van der Waals surface area contributed by atoms with E-state index in [0.29, 0.717) is 25.6 Å². The van der Waals surface area contributed by atoms with Crippen molar-refractivity contribution in [3.63, 3.8) is 0 Å². The van der Waals surface area contributed by atoms with E-state index in [0.717, 1.165) is 32.5 Å². The first kappa shape index (κ1) is 17.9. The Morgan fingerprint density at radius 1 is 1.08 bits per heavy atom. The van der Waals surface area contributed by atoms with Gasteiger partial charge in [-0.3, -0.25) is 14.7 Å². The van der Waals surface area contributed by atoms with Gasteiger partial charge in [0.25, 0.3) is 0 Å². The maximum atomic E-state index is 12.8. The number of sulfonamides is 1. The molecule has 7 nitrogen and oxygen atoms in total. The van der Waals surface area contributed by atoms with Gasteiger partial charge < -0.3 is 4.90 Å². The van der Waals surface area contributed by atoms with E-state index in [-0.39, 0.29) is 16.8 Å². The third-order valence-corrected chi connectivity index (χ3v) is 7.53. The number of pyridine rings is 1. The zero-order valence-electron chi connectivity index (χ0n) is 15.0. The monoisotopic (exact) mass is 378 g/mol. The molecule has 0 radical (unpaired) electrons. The molecule has 0 aromatic carbocycles. The molecule has 1 aromatic rings. The Morgan fingerprint density at radius 2 is 1.92 bits per heavy atom. The average Bonchev–Trinajstić information content (AvgIpc) is 3.43. The molecule has 0 unspecified atom stereocenters. The Kier molecular flexibility index (Phi) is 4.98. The van der Waals surface area contributed by atoms with E-state index < -0.39 is 10.0 Å². The van der Waals surface area contributed by atoms with Gasteiger partial charge in [-0.1, -0.05) is 0 Å². The quantitative estimate of drug-likeness (QED) is 0.757. The minimum Gasteiger partial charge on any atom is -0.341 e. The molecule has 1 aliphatic carbocycles. The minimum atomic E-state index is -3.52. The molecule has 1 amide bonds. The largest absolute Gasteiger partial charge is 0.341 e. The van der Waals surface area contributed by atoms with Crippen LogP contribution in [0.2, 0.25) is 0 Å². The van der Waals surface area contributed by atoms with Crippen LogP contribution in [0.5, 0.6) is 0 Å². The SMILES string of the molecule is O=C1[C@H](N2CCCN(S(=O)(=O)c3cccnc3)CC2)CCN1CC1CC1. The van der Waals surface area contributed by atoms with Crippen molar-refractivity contribution in [1.29, 1.82) is 0 Å². The van der Waals surface area contributed by atoms with Gasteiger partial charge in [0.1, 0.15) is 4.90 Å². The highest BCUT2D eigenvalue weighted by atomic mass is 32.2. The molecular formula is C18H26N4O3S. The zero-order chi connectivity index (χ0) is 18.1. The molecule has 26 heavy (non-hydrogen) atoms. The lowest BCUT2D eigenvalue weighted by Crippen LogP contribution is -2.44. The standard InChI is InChI=1S/C18H26N4O3S/c23-18-17(6-10-21(18)14-15-4-5-15)20-8-2-9-22(12-11-20)26(24,25)16-3-1-7-19-13-16/h1,3,7,13,15,17H,2,4-6,8-12,14H2/t17-/m1/s1. The van der Waals surface area contributed by atoms with Crippen LogP contribution in [0.4, 0.5) is 0 Å². The zero-order valence-corrected chi connectivity index (χ0v) is 15.8. The highest BCUT2D eigenvalue weighted by molar-refractivity contribution is 7.89. The van der Waals surface area contributed by atoms with E-state index in [1.54, 1.807) is 18.3 Å². The number of hydrogen-bond donors (Lipinski definition) is 0. The van der Waals surface area contributed by atoms with Gasteiger partial charge in [0.15, 0.2) is 0 Å². The summed E-state index contributed by atoms with van der Waals surface area (Å²) in [4.78, 5) is 21.1. The summed E-state index contributed by atoms with van der Waals surface area (Å²) in [7, 11) is -3.52. The van der Waals surface area contributed by atoms with Crippen molar-refractivity contribution in [3.05, 3.63) is 24.5 Å². The first-order chi connectivity index (χ1) is 12.6. The van der Waals surface area contributed by atoms with Gasteiger partial charge in [-0.15, -0.1) is 0 Å². The van der Waals surface area contributed by atoms with Crippen molar-refractivity contribution in [2.24, 2.45) is 5.92 Å². The van der Waals surface area contributed by atoms with Gasteiger partial charge in [0.2, 0.25) is 15.9 Å². The summed E-state index contributed by atoms with van der Waals surface area (Å²) in [6.45, 7) is 4.03. The van der Waals surface area contributed by atoms with E-state index in [1.807, 2.05) is 4.90 Å². The van der Waals surface area contributed by atoms with Crippen LogP contribution < -0.4 is 0 Å². The normalized spacial score (nSPS) is 26.2. The molecule has 1 atom stereocenters.